The van der Waals surface area contributed by atoms with Crippen LogP contribution in [0.4, 0.5) is 5.69 Å². The Morgan fingerprint density at radius 3 is 2.69 bits per heavy atom. The second-order valence-electron chi connectivity index (χ2n) is 6.09. The average molecular weight is 362 g/mol. The lowest BCUT2D eigenvalue weighted by Crippen LogP contribution is -2.14. The largest absolute Gasteiger partial charge is 0.319 e. The number of carbonyl (C=O) groups is 1. The van der Waals surface area contributed by atoms with Crippen LogP contribution in [0.1, 0.15) is 16.1 Å². The minimum absolute atomic E-state index is 0.257. The van der Waals surface area contributed by atoms with E-state index in [4.69, 9.17) is 11.6 Å². The van der Waals surface area contributed by atoms with Crippen LogP contribution in [-0.2, 0) is 0 Å². The number of rotatable bonds is 3. The first-order chi connectivity index (χ1) is 12.6. The van der Waals surface area contributed by atoms with Gasteiger partial charge in [-0.15, -0.1) is 0 Å². The molecule has 0 atom stereocenters. The third-order valence-corrected chi connectivity index (χ3v) is 4.54. The molecule has 0 aliphatic rings. The number of hydrogen-bond acceptors (Lipinski definition) is 2. The first kappa shape index (κ1) is 16.4. The molecule has 0 saturated carbocycles. The van der Waals surface area contributed by atoms with E-state index in [-0.39, 0.29) is 5.91 Å². The molecular weight excluding hydrogens is 346 g/mol. The van der Waals surface area contributed by atoms with Gasteiger partial charge < -0.3 is 5.32 Å². The molecule has 4 nitrogen and oxygen atoms in total. The molecular formula is C21H16ClN3O. The van der Waals surface area contributed by atoms with Crippen molar-refractivity contribution in [1.82, 2.24) is 9.38 Å². The first-order valence-corrected chi connectivity index (χ1v) is 8.60. The van der Waals surface area contributed by atoms with Crippen LogP contribution in [0.15, 0.2) is 73.1 Å². The molecule has 2 aromatic carbocycles. The van der Waals surface area contributed by atoms with Crippen LogP contribution in [-0.4, -0.2) is 15.3 Å². The van der Waals surface area contributed by atoms with Crippen LogP contribution in [0, 0.1) is 6.92 Å². The molecule has 1 amide bonds. The Balaban J connectivity index is 1.73. The predicted molar refractivity (Wildman–Crippen MR) is 105 cm³/mol. The number of benzene rings is 2. The zero-order valence-electron chi connectivity index (χ0n) is 14.1. The molecule has 0 saturated heterocycles. The van der Waals surface area contributed by atoms with Gasteiger partial charge in [0.15, 0.2) is 0 Å². The Labute approximate surface area is 156 Å². The van der Waals surface area contributed by atoms with Crippen LogP contribution in [0.5, 0.6) is 0 Å². The lowest BCUT2D eigenvalue weighted by Gasteiger charge is -2.08. The Hall–Kier alpha value is -3.11. The van der Waals surface area contributed by atoms with Crippen molar-refractivity contribution in [3.8, 4) is 11.1 Å². The van der Waals surface area contributed by atoms with Gasteiger partial charge in [-0.1, -0.05) is 53.6 Å². The number of para-hydroxylation sites is 1. The summed E-state index contributed by atoms with van der Waals surface area (Å²) in [6, 6.07) is 19.3. The van der Waals surface area contributed by atoms with Crippen molar-refractivity contribution in [3.63, 3.8) is 0 Å². The maximum absolute atomic E-state index is 12.7. The molecule has 0 aliphatic heterocycles. The molecule has 5 heteroatoms. The second kappa shape index (κ2) is 6.65. The highest BCUT2D eigenvalue weighted by Gasteiger charge is 2.14. The van der Waals surface area contributed by atoms with E-state index in [1.807, 2.05) is 36.5 Å². The van der Waals surface area contributed by atoms with Crippen LogP contribution in [0.3, 0.4) is 0 Å². The van der Waals surface area contributed by atoms with Crippen molar-refractivity contribution in [2.75, 3.05) is 5.32 Å². The van der Waals surface area contributed by atoms with E-state index in [9.17, 15) is 4.79 Å². The van der Waals surface area contributed by atoms with Crippen molar-refractivity contribution in [2.24, 2.45) is 0 Å². The molecule has 0 radical (unpaired) electrons. The molecule has 0 bridgehead atoms. The fourth-order valence-corrected chi connectivity index (χ4v) is 3.08. The van der Waals surface area contributed by atoms with Crippen LogP contribution >= 0.6 is 11.6 Å². The van der Waals surface area contributed by atoms with Gasteiger partial charge in [-0.2, -0.15) is 0 Å². The van der Waals surface area contributed by atoms with Gasteiger partial charge in [0.05, 0.1) is 16.9 Å². The molecule has 0 fully saturated rings. The number of amides is 1. The molecule has 4 aromatic rings. The molecule has 2 heterocycles. The van der Waals surface area contributed by atoms with Crippen molar-refractivity contribution >= 4 is 28.8 Å². The van der Waals surface area contributed by atoms with Gasteiger partial charge in [0.1, 0.15) is 11.3 Å². The van der Waals surface area contributed by atoms with Gasteiger partial charge in [0, 0.05) is 6.20 Å². The van der Waals surface area contributed by atoms with Gasteiger partial charge >= 0.3 is 0 Å². The summed E-state index contributed by atoms with van der Waals surface area (Å²) in [5, 5.41) is 3.34. The third-order valence-electron chi connectivity index (χ3n) is 4.21. The number of imidazole rings is 1. The molecule has 2 aromatic heterocycles. The molecule has 0 aliphatic carbocycles. The highest BCUT2D eigenvalue weighted by molar-refractivity contribution is 6.33. The fraction of sp³-hybridized carbons (Fsp3) is 0.0476. The Kier molecular flexibility index (Phi) is 4.19. The van der Waals surface area contributed by atoms with Gasteiger partial charge in [-0.3, -0.25) is 9.20 Å². The zero-order valence-corrected chi connectivity index (χ0v) is 14.9. The van der Waals surface area contributed by atoms with E-state index >= 15 is 0 Å². The maximum Gasteiger partial charge on any atom is 0.274 e. The van der Waals surface area contributed by atoms with Crippen LogP contribution in [0.2, 0.25) is 5.02 Å². The number of halogens is 1. The van der Waals surface area contributed by atoms with Crippen LogP contribution in [0.25, 0.3) is 16.8 Å². The molecule has 26 heavy (non-hydrogen) atoms. The van der Waals surface area contributed by atoms with Gasteiger partial charge in [-0.05, 0) is 42.3 Å². The summed E-state index contributed by atoms with van der Waals surface area (Å²) in [5.41, 5.74) is 5.04. The number of pyridine rings is 1. The number of nitrogens with zero attached hydrogens (tertiary/aromatic N) is 2. The normalized spacial score (nSPS) is 10.8. The number of nitrogens with one attached hydrogen (secondary N) is 1. The predicted octanol–water partition coefficient (Wildman–Crippen LogP) is 5.22. The number of aryl methyl sites for hydroxylation is 1. The fourth-order valence-electron chi connectivity index (χ4n) is 2.89. The van der Waals surface area contributed by atoms with Gasteiger partial charge in [-0.25, -0.2) is 4.98 Å². The summed E-state index contributed by atoms with van der Waals surface area (Å²) in [5.74, 6) is -0.257. The monoisotopic (exact) mass is 361 g/mol. The minimum atomic E-state index is -0.257. The Morgan fingerprint density at radius 2 is 1.88 bits per heavy atom. The molecule has 0 unspecified atom stereocenters. The minimum Gasteiger partial charge on any atom is -0.319 e. The maximum atomic E-state index is 12.7. The highest BCUT2D eigenvalue weighted by atomic mass is 35.5. The first-order valence-electron chi connectivity index (χ1n) is 8.22. The Morgan fingerprint density at radius 1 is 1.04 bits per heavy atom. The second-order valence-corrected chi connectivity index (χ2v) is 6.50. The van der Waals surface area contributed by atoms with E-state index in [1.165, 1.54) is 5.56 Å². The smallest absolute Gasteiger partial charge is 0.274 e. The molecule has 1 N–H and O–H groups in total. The third kappa shape index (κ3) is 3.07. The number of hydrogen-bond donors (Lipinski definition) is 1. The average Bonchev–Trinajstić information content (AvgIpc) is 3.07. The van der Waals surface area contributed by atoms with Crippen molar-refractivity contribution in [2.45, 2.75) is 6.92 Å². The van der Waals surface area contributed by atoms with E-state index in [0.29, 0.717) is 22.1 Å². The zero-order chi connectivity index (χ0) is 18.1. The summed E-state index contributed by atoms with van der Waals surface area (Å²) in [7, 11) is 0. The molecule has 4 rings (SSSR count). The number of anilines is 1. The van der Waals surface area contributed by atoms with E-state index in [2.05, 4.69) is 35.4 Å². The number of fused-ring (bicyclic) bond motifs is 1. The summed E-state index contributed by atoms with van der Waals surface area (Å²) >= 11 is 6.13. The summed E-state index contributed by atoms with van der Waals surface area (Å²) in [6.07, 6.45) is 3.50. The lowest BCUT2D eigenvalue weighted by atomic mass is 10.1. The molecule has 0 spiro atoms. The highest BCUT2D eigenvalue weighted by Crippen LogP contribution is 2.24. The summed E-state index contributed by atoms with van der Waals surface area (Å²) in [6.45, 7) is 2.06. The van der Waals surface area contributed by atoms with E-state index in [1.54, 1.807) is 22.7 Å². The van der Waals surface area contributed by atoms with Crippen molar-refractivity contribution in [3.05, 3.63) is 89.3 Å². The number of carbonyl (C=O) groups excluding carboxylic acids is 1. The topological polar surface area (TPSA) is 46.4 Å². The quantitative estimate of drug-likeness (QED) is 0.544. The van der Waals surface area contributed by atoms with Crippen molar-refractivity contribution in [1.29, 1.82) is 0 Å². The Bertz CT molecular complexity index is 1120. The van der Waals surface area contributed by atoms with Crippen LogP contribution < -0.4 is 5.32 Å². The van der Waals surface area contributed by atoms with Crippen molar-refractivity contribution < 1.29 is 4.79 Å². The number of aromatic nitrogens is 2. The standard InChI is InChI=1S/C21H16ClN3O/c1-14-5-4-6-15(11-14)16-9-10-20-23-12-19(25(20)13-16)21(26)24-18-8-3-2-7-17(18)22/h2-13H,1H3,(H,24,26). The SMILES string of the molecule is Cc1cccc(-c2ccc3ncc(C(=O)Nc4ccccc4Cl)n3c2)c1. The molecule has 128 valence electrons. The van der Waals surface area contributed by atoms with Gasteiger partial charge in [0.2, 0.25) is 0 Å². The summed E-state index contributed by atoms with van der Waals surface area (Å²) < 4.78 is 1.80. The van der Waals surface area contributed by atoms with E-state index < -0.39 is 0 Å². The van der Waals surface area contributed by atoms with Gasteiger partial charge in [0.25, 0.3) is 5.91 Å². The summed E-state index contributed by atoms with van der Waals surface area (Å²) in [4.78, 5) is 17.0. The lowest BCUT2D eigenvalue weighted by molar-refractivity contribution is 0.102. The van der Waals surface area contributed by atoms with E-state index in [0.717, 1.165) is 11.1 Å².